The highest BCUT2D eigenvalue weighted by atomic mass is 32.2. The Labute approximate surface area is 142 Å². The molecule has 1 amide bonds. The number of halogens is 1. The van der Waals surface area contributed by atoms with E-state index in [-0.39, 0.29) is 16.7 Å². The van der Waals surface area contributed by atoms with Crippen LogP contribution in [0.4, 0.5) is 4.39 Å². The van der Waals surface area contributed by atoms with E-state index < -0.39 is 27.2 Å². The minimum absolute atomic E-state index is 0.139. The van der Waals surface area contributed by atoms with E-state index in [4.69, 9.17) is 5.73 Å². The third-order valence-corrected chi connectivity index (χ3v) is 5.91. The van der Waals surface area contributed by atoms with Crippen molar-refractivity contribution >= 4 is 15.7 Å². The number of carbonyl (C=O) groups is 1. The number of nitrogens with one attached hydrogen (secondary N) is 1. The molecule has 1 fully saturated rings. The van der Waals surface area contributed by atoms with E-state index in [1.807, 2.05) is 6.92 Å². The standard InChI is InChI=1S/C17H25FN2O3S/c1-11(12-7-8-15(14(18)10-12)24(3,22)23)20-16(21)13-6-4-5-9-17(13,2)19/h7-8,10-11,13H,4-6,9,19H2,1-3H3,(H,20,21). The summed E-state index contributed by atoms with van der Waals surface area (Å²) in [6.07, 6.45) is 4.49. The Balaban J connectivity index is 2.13. The van der Waals surface area contributed by atoms with Gasteiger partial charge in [0.05, 0.1) is 12.0 Å². The molecule has 3 atom stereocenters. The first-order valence-electron chi connectivity index (χ1n) is 8.11. The van der Waals surface area contributed by atoms with Crippen LogP contribution < -0.4 is 11.1 Å². The van der Waals surface area contributed by atoms with Crippen LogP contribution in [0.25, 0.3) is 0 Å². The zero-order valence-corrected chi connectivity index (χ0v) is 15.1. The monoisotopic (exact) mass is 356 g/mol. The summed E-state index contributed by atoms with van der Waals surface area (Å²) in [5, 5.41) is 2.87. The van der Waals surface area contributed by atoms with Crippen LogP contribution in [0, 0.1) is 11.7 Å². The molecule has 1 aliphatic rings. The molecule has 0 spiro atoms. The van der Waals surface area contributed by atoms with Gasteiger partial charge in [-0.3, -0.25) is 4.79 Å². The summed E-state index contributed by atoms with van der Waals surface area (Å²) >= 11 is 0. The van der Waals surface area contributed by atoms with Gasteiger partial charge in [-0.05, 0) is 44.4 Å². The van der Waals surface area contributed by atoms with Crippen molar-refractivity contribution in [2.75, 3.05) is 6.26 Å². The van der Waals surface area contributed by atoms with Crippen LogP contribution in [0.1, 0.15) is 51.1 Å². The second-order valence-corrected chi connectivity index (χ2v) is 8.98. The number of benzene rings is 1. The van der Waals surface area contributed by atoms with Gasteiger partial charge in [0.1, 0.15) is 10.7 Å². The molecule has 1 aliphatic carbocycles. The fraction of sp³-hybridized carbons (Fsp3) is 0.588. The highest BCUT2D eigenvalue weighted by molar-refractivity contribution is 7.90. The lowest BCUT2D eigenvalue weighted by Gasteiger charge is -2.37. The molecule has 1 saturated carbocycles. The van der Waals surface area contributed by atoms with Crippen LogP contribution >= 0.6 is 0 Å². The smallest absolute Gasteiger partial charge is 0.225 e. The lowest BCUT2D eigenvalue weighted by molar-refractivity contribution is -0.128. The summed E-state index contributed by atoms with van der Waals surface area (Å²) in [4.78, 5) is 12.2. The molecule has 2 rings (SSSR count). The number of amides is 1. The van der Waals surface area contributed by atoms with Crippen LogP contribution in [0.2, 0.25) is 0 Å². The summed E-state index contributed by atoms with van der Waals surface area (Å²) in [6, 6.07) is 3.48. The summed E-state index contributed by atoms with van der Waals surface area (Å²) in [7, 11) is -3.61. The van der Waals surface area contributed by atoms with Crippen LogP contribution in [0.5, 0.6) is 0 Å². The van der Waals surface area contributed by atoms with Crippen LogP contribution in [0.15, 0.2) is 23.1 Å². The molecule has 1 aromatic rings. The van der Waals surface area contributed by atoms with Crippen molar-refractivity contribution in [1.82, 2.24) is 5.32 Å². The van der Waals surface area contributed by atoms with Crippen LogP contribution in [-0.2, 0) is 14.6 Å². The van der Waals surface area contributed by atoms with Crippen molar-refractivity contribution in [1.29, 1.82) is 0 Å². The first-order valence-corrected chi connectivity index (χ1v) is 10.0. The Kier molecular flexibility index (Phi) is 5.34. The summed E-state index contributed by atoms with van der Waals surface area (Å²) in [5.74, 6) is -1.22. The zero-order valence-electron chi connectivity index (χ0n) is 14.3. The van der Waals surface area contributed by atoms with E-state index in [0.717, 1.165) is 38.0 Å². The quantitative estimate of drug-likeness (QED) is 0.866. The molecule has 3 N–H and O–H groups in total. The number of sulfone groups is 1. The van der Waals surface area contributed by atoms with Crippen LogP contribution in [-0.4, -0.2) is 26.1 Å². The number of hydrogen-bond acceptors (Lipinski definition) is 4. The van der Waals surface area contributed by atoms with Gasteiger partial charge in [-0.25, -0.2) is 12.8 Å². The highest BCUT2D eigenvalue weighted by Crippen LogP contribution is 2.32. The second kappa shape index (κ2) is 6.80. The molecule has 7 heteroatoms. The van der Waals surface area contributed by atoms with E-state index >= 15 is 0 Å². The predicted octanol–water partition coefficient (Wildman–Crippen LogP) is 2.31. The number of hydrogen-bond donors (Lipinski definition) is 2. The number of carbonyl (C=O) groups excluding carboxylic acids is 1. The van der Waals surface area contributed by atoms with Gasteiger partial charge < -0.3 is 11.1 Å². The van der Waals surface area contributed by atoms with Crippen molar-refractivity contribution in [3.05, 3.63) is 29.6 Å². The molecule has 0 bridgehead atoms. The summed E-state index contributed by atoms with van der Waals surface area (Å²) in [6.45, 7) is 3.63. The van der Waals surface area contributed by atoms with E-state index in [0.29, 0.717) is 5.56 Å². The Bertz CT molecular complexity index is 731. The van der Waals surface area contributed by atoms with Gasteiger partial charge >= 0.3 is 0 Å². The SMILES string of the molecule is CC(NC(=O)C1CCCCC1(C)N)c1ccc(S(C)(=O)=O)c(F)c1. The molecule has 0 saturated heterocycles. The average molecular weight is 356 g/mol. The Morgan fingerprint density at radius 3 is 2.62 bits per heavy atom. The van der Waals surface area contributed by atoms with Crippen molar-refractivity contribution < 1.29 is 17.6 Å². The molecule has 0 aliphatic heterocycles. The first-order chi connectivity index (χ1) is 11.0. The van der Waals surface area contributed by atoms with Crippen molar-refractivity contribution in [3.8, 4) is 0 Å². The maximum absolute atomic E-state index is 14.0. The van der Waals surface area contributed by atoms with E-state index in [9.17, 15) is 17.6 Å². The fourth-order valence-corrected chi connectivity index (χ4v) is 4.00. The molecule has 0 heterocycles. The molecule has 0 aromatic heterocycles. The Hall–Kier alpha value is -1.47. The largest absolute Gasteiger partial charge is 0.349 e. The maximum Gasteiger partial charge on any atom is 0.225 e. The molecular weight excluding hydrogens is 331 g/mol. The second-order valence-electron chi connectivity index (χ2n) is 7.00. The molecular formula is C17H25FN2O3S. The molecule has 1 aromatic carbocycles. The van der Waals surface area contributed by atoms with E-state index in [1.54, 1.807) is 6.92 Å². The van der Waals surface area contributed by atoms with Gasteiger partial charge in [0.15, 0.2) is 9.84 Å². The third-order valence-electron chi connectivity index (χ3n) is 4.78. The fourth-order valence-electron chi connectivity index (χ4n) is 3.27. The van der Waals surface area contributed by atoms with E-state index in [1.165, 1.54) is 12.1 Å². The van der Waals surface area contributed by atoms with Gasteiger partial charge in [0.25, 0.3) is 0 Å². The zero-order chi connectivity index (χ0) is 18.1. The minimum Gasteiger partial charge on any atom is -0.349 e. The number of nitrogens with two attached hydrogens (primary N) is 1. The van der Waals surface area contributed by atoms with Gasteiger partial charge in [0.2, 0.25) is 5.91 Å². The molecule has 134 valence electrons. The Morgan fingerprint density at radius 2 is 2.08 bits per heavy atom. The van der Waals surface area contributed by atoms with Gasteiger partial charge in [0, 0.05) is 11.8 Å². The molecule has 3 unspecified atom stereocenters. The van der Waals surface area contributed by atoms with E-state index in [2.05, 4.69) is 5.32 Å². The summed E-state index contributed by atoms with van der Waals surface area (Å²) in [5.41, 5.74) is 6.22. The van der Waals surface area contributed by atoms with Crippen molar-refractivity contribution in [2.45, 2.75) is 56.0 Å². The van der Waals surface area contributed by atoms with Gasteiger partial charge in [-0.15, -0.1) is 0 Å². The summed E-state index contributed by atoms with van der Waals surface area (Å²) < 4.78 is 36.9. The topological polar surface area (TPSA) is 89.3 Å². The van der Waals surface area contributed by atoms with Crippen molar-refractivity contribution in [2.24, 2.45) is 11.7 Å². The molecule has 5 nitrogen and oxygen atoms in total. The average Bonchev–Trinajstić information content (AvgIpc) is 2.44. The molecule has 24 heavy (non-hydrogen) atoms. The van der Waals surface area contributed by atoms with Gasteiger partial charge in [-0.1, -0.05) is 18.9 Å². The van der Waals surface area contributed by atoms with Crippen LogP contribution in [0.3, 0.4) is 0 Å². The lowest BCUT2D eigenvalue weighted by atomic mass is 9.74. The highest BCUT2D eigenvalue weighted by Gasteiger charge is 2.38. The predicted molar refractivity (Wildman–Crippen MR) is 90.6 cm³/mol. The minimum atomic E-state index is -3.61. The molecule has 0 radical (unpaired) electrons. The number of rotatable bonds is 4. The normalized spacial score (nSPS) is 26.0. The third kappa shape index (κ3) is 4.13. The lowest BCUT2D eigenvalue weighted by Crippen LogP contribution is -2.53. The Morgan fingerprint density at radius 1 is 1.42 bits per heavy atom. The maximum atomic E-state index is 14.0. The van der Waals surface area contributed by atoms with Crippen molar-refractivity contribution in [3.63, 3.8) is 0 Å². The first kappa shape index (κ1) is 18.9. The van der Waals surface area contributed by atoms with Gasteiger partial charge in [-0.2, -0.15) is 0 Å².